The maximum absolute atomic E-state index is 11.9. The monoisotopic (exact) mass is 278 g/mol. The van der Waals surface area contributed by atoms with Gasteiger partial charge in [-0.2, -0.15) is 0 Å². The summed E-state index contributed by atoms with van der Waals surface area (Å²) in [7, 11) is 1.49. The smallest absolute Gasteiger partial charge is 0.314 e. The first-order valence-electron chi connectivity index (χ1n) is 6.74. The van der Waals surface area contributed by atoms with E-state index in [9.17, 15) is 9.59 Å². The molecule has 0 aliphatic heterocycles. The maximum Gasteiger partial charge on any atom is 0.314 e. The van der Waals surface area contributed by atoms with Crippen LogP contribution in [0, 0.1) is 0 Å². The fourth-order valence-corrected chi connectivity index (χ4v) is 1.85. The fourth-order valence-electron chi connectivity index (χ4n) is 1.85. The van der Waals surface area contributed by atoms with Crippen LogP contribution in [0.5, 0.6) is 0 Å². The normalized spacial score (nSPS) is 11.7. The number of amides is 3. The summed E-state index contributed by atoms with van der Waals surface area (Å²) in [6, 6.07) is 3.07. The molecule has 6 heteroatoms. The Morgan fingerprint density at radius 1 is 1.50 bits per heavy atom. The number of unbranched alkanes of at least 4 members (excludes halogenated alkanes) is 1. The van der Waals surface area contributed by atoms with Gasteiger partial charge in [-0.1, -0.05) is 25.8 Å². The van der Waals surface area contributed by atoms with Crippen molar-refractivity contribution >= 4 is 11.9 Å². The topological polar surface area (TPSA) is 88.3 Å². The van der Waals surface area contributed by atoms with Gasteiger partial charge < -0.3 is 16.0 Å². The molecule has 1 aromatic heterocycles. The first-order chi connectivity index (χ1) is 9.54. The lowest BCUT2D eigenvalue weighted by molar-refractivity contribution is -0.122. The minimum Gasteiger partial charge on any atom is -0.351 e. The number of carbonyl (C=O) groups excluding carboxylic acids is 2. The lowest BCUT2D eigenvalue weighted by Crippen LogP contribution is -2.41. The van der Waals surface area contributed by atoms with Gasteiger partial charge in [0, 0.05) is 19.4 Å². The molecular formula is C14H22N4O2. The molecule has 0 saturated heterocycles. The third kappa shape index (κ3) is 5.26. The fraction of sp³-hybridized carbons (Fsp3) is 0.500. The van der Waals surface area contributed by atoms with E-state index < -0.39 is 6.03 Å². The Hall–Kier alpha value is -2.11. The molecular weight excluding hydrogens is 256 g/mol. The third-order valence-corrected chi connectivity index (χ3v) is 3.03. The van der Waals surface area contributed by atoms with Gasteiger partial charge in [0.25, 0.3) is 0 Å². The van der Waals surface area contributed by atoms with E-state index in [1.165, 1.54) is 11.9 Å². The number of primary amides is 1. The standard InChI is InChI=1S/C14H22N4O2/c1-3-4-7-12(11-6-5-8-16-9-11)17-13(19)10-18(2)14(15)20/h5-6,8-9,12H,3-4,7,10H2,1-2H3,(H2,15,20)(H,17,19)/t12-/m0/s1. The largest absolute Gasteiger partial charge is 0.351 e. The Morgan fingerprint density at radius 3 is 2.80 bits per heavy atom. The molecule has 0 aliphatic rings. The molecule has 1 atom stereocenters. The van der Waals surface area contributed by atoms with Gasteiger partial charge in [0.2, 0.25) is 5.91 Å². The molecule has 0 bridgehead atoms. The summed E-state index contributed by atoms with van der Waals surface area (Å²) >= 11 is 0. The van der Waals surface area contributed by atoms with Crippen LogP contribution in [-0.2, 0) is 4.79 Å². The summed E-state index contributed by atoms with van der Waals surface area (Å²) in [5.74, 6) is -0.226. The molecule has 20 heavy (non-hydrogen) atoms. The summed E-state index contributed by atoms with van der Waals surface area (Å²) in [6.07, 6.45) is 6.34. The highest BCUT2D eigenvalue weighted by molar-refractivity contribution is 5.83. The second-order valence-electron chi connectivity index (χ2n) is 4.74. The molecule has 1 heterocycles. The number of urea groups is 1. The quantitative estimate of drug-likeness (QED) is 0.791. The second-order valence-corrected chi connectivity index (χ2v) is 4.74. The predicted octanol–water partition coefficient (Wildman–Crippen LogP) is 1.44. The Kier molecular flexibility index (Phi) is 6.49. The number of nitrogens with two attached hydrogens (primary N) is 1. The van der Waals surface area contributed by atoms with E-state index in [1.54, 1.807) is 12.4 Å². The molecule has 3 N–H and O–H groups in total. The number of carbonyl (C=O) groups is 2. The van der Waals surface area contributed by atoms with Crippen LogP contribution in [0.25, 0.3) is 0 Å². The highest BCUT2D eigenvalue weighted by atomic mass is 16.2. The van der Waals surface area contributed by atoms with Crippen molar-refractivity contribution in [3.05, 3.63) is 30.1 Å². The lowest BCUT2D eigenvalue weighted by Gasteiger charge is -2.21. The van der Waals surface area contributed by atoms with Gasteiger partial charge in [-0.3, -0.25) is 9.78 Å². The molecule has 0 radical (unpaired) electrons. The van der Waals surface area contributed by atoms with Crippen LogP contribution >= 0.6 is 0 Å². The van der Waals surface area contributed by atoms with Crippen LogP contribution in [0.1, 0.15) is 37.8 Å². The van der Waals surface area contributed by atoms with E-state index in [0.29, 0.717) is 0 Å². The summed E-state index contributed by atoms with van der Waals surface area (Å²) in [6.45, 7) is 2.06. The van der Waals surface area contributed by atoms with Crippen molar-refractivity contribution in [3.63, 3.8) is 0 Å². The molecule has 0 unspecified atom stereocenters. The van der Waals surface area contributed by atoms with E-state index in [0.717, 1.165) is 24.8 Å². The molecule has 0 aromatic carbocycles. The van der Waals surface area contributed by atoms with Gasteiger partial charge in [-0.25, -0.2) is 4.79 Å². The van der Waals surface area contributed by atoms with Crippen LogP contribution < -0.4 is 11.1 Å². The van der Waals surface area contributed by atoms with Crippen molar-refractivity contribution in [1.29, 1.82) is 0 Å². The zero-order valence-corrected chi connectivity index (χ0v) is 12.0. The molecule has 0 spiro atoms. The molecule has 110 valence electrons. The van der Waals surface area contributed by atoms with Crippen LogP contribution in [0.2, 0.25) is 0 Å². The predicted molar refractivity (Wildman–Crippen MR) is 76.9 cm³/mol. The van der Waals surface area contributed by atoms with Gasteiger partial charge in [0.1, 0.15) is 6.54 Å². The van der Waals surface area contributed by atoms with E-state index in [-0.39, 0.29) is 18.5 Å². The molecule has 1 aromatic rings. The van der Waals surface area contributed by atoms with Crippen LogP contribution in [0.15, 0.2) is 24.5 Å². The summed E-state index contributed by atoms with van der Waals surface area (Å²) in [5.41, 5.74) is 6.07. The van der Waals surface area contributed by atoms with Gasteiger partial charge >= 0.3 is 6.03 Å². The van der Waals surface area contributed by atoms with Crippen LogP contribution in [-0.4, -0.2) is 35.4 Å². The summed E-state index contributed by atoms with van der Waals surface area (Å²) in [4.78, 5) is 28.1. The van der Waals surface area contributed by atoms with E-state index >= 15 is 0 Å². The zero-order chi connectivity index (χ0) is 15.0. The molecule has 6 nitrogen and oxygen atoms in total. The zero-order valence-electron chi connectivity index (χ0n) is 12.0. The Labute approximate surface area is 119 Å². The van der Waals surface area contributed by atoms with Crippen molar-refractivity contribution in [2.45, 2.75) is 32.2 Å². The number of nitrogens with one attached hydrogen (secondary N) is 1. The van der Waals surface area contributed by atoms with Crippen LogP contribution in [0.4, 0.5) is 4.79 Å². The average molecular weight is 278 g/mol. The van der Waals surface area contributed by atoms with Crippen LogP contribution in [0.3, 0.4) is 0 Å². The van der Waals surface area contributed by atoms with Gasteiger partial charge in [0.15, 0.2) is 0 Å². The first-order valence-corrected chi connectivity index (χ1v) is 6.74. The minimum atomic E-state index is -0.619. The number of nitrogens with zero attached hydrogens (tertiary/aromatic N) is 2. The Balaban J connectivity index is 2.65. The second kappa shape index (κ2) is 8.14. The maximum atomic E-state index is 11.9. The van der Waals surface area contributed by atoms with E-state index in [1.807, 2.05) is 12.1 Å². The number of pyridine rings is 1. The Morgan fingerprint density at radius 2 is 2.25 bits per heavy atom. The van der Waals surface area contributed by atoms with E-state index in [4.69, 9.17) is 5.73 Å². The van der Waals surface area contributed by atoms with Crippen molar-refractivity contribution in [2.24, 2.45) is 5.73 Å². The number of hydrogen-bond acceptors (Lipinski definition) is 3. The molecule has 0 saturated carbocycles. The van der Waals surface area contributed by atoms with E-state index in [2.05, 4.69) is 17.2 Å². The summed E-state index contributed by atoms with van der Waals surface area (Å²) in [5, 5.41) is 2.93. The number of rotatable bonds is 7. The average Bonchev–Trinajstić information content (AvgIpc) is 2.44. The highest BCUT2D eigenvalue weighted by Gasteiger charge is 2.16. The number of hydrogen-bond donors (Lipinski definition) is 2. The van der Waals surface area contributed by atoms with Gasteiger partial charge in [0.05, 0.1) is 6.04 Å². The molecule has 1 rings (SSSR count). The Bertz CT molecular complexity index is 436. The van der Waals surface area contributed by atoms with Crippen molar-refractivity contribution in [2.75, 3.05) is 13.6 Å². The molecule has 0 fully saturated rings. The summed E-state index contributed by atoms with van der Waals surface area (Å²) < 4.78 is 0. The SMILES string of the molecule is CCCC[C@H](NC(=O)CN(C)C(N)=O)c1cccnc1. The van der Waals surface area contributed by atoms with Gasteiger partial charge in [-0.05, 0) is 18.1 Å². The highest BCUT2D eigenvalue weighted by Crippen LogP contribution is 2.18. The number of aromatic nitrogens is 1. The molecule has 0 aliphatic carbocycles. The lowest BCUT2D eigenvalue weighted by atomic mass is 10.0. The van der Waals surface area contributed by atoms with Gasteiger partial charge in [-0.15, -0.1) is 0 Å². The van der Waals surface area contributed by atoms with Crippen molar-refractivity contribution < 1.29 is 9.59 Å². The molecule has 3 amide bonds. The number of likely N-dealkylation sites (N-methyl/N-ethyl adjacent to an activating group) is 1. The van der Waals surface area contributed by atoms with Crippen molar-refractivity contribution in [3.8, 4) is 0 Å². The first kappa shape index (κ1) is 15.9. The minimum absolute atomic E-state index is 0.0434. The van der Waals surface area contributed by atoms with Crippen molar-refractivity contribution in [1.82, 2.24) is 15.2 Å². The third-order valence-electron chi connectivity index (χ3n) is 3.03.